The van der Waals surface area contributed by atoms with Gasteiger partial charge in [-0.05, 0) is 72.2 Å². The molecule has 0 aliphatic carbocycles. The first-order chi connectivity index (χ1) is 15.2. The SMILES string of the molecule is COc1cc(-c2cccc(F)c2)cc(/C(C)=C/CC(C)(C)C)c1NC(C)C1=CCC=NC1. The Kier molecular flexibility index (Phi) is 7.55. The summed E-state index contributed by atoms with van der Waals surface area (Å²) in [6.45, 7) is 11.7. The van der Waals surface area contributed by atoms with Crippen LogP contribution in [-0.2, 0) is 0 Å². The molecule has 1 unspecified atom stereocenters. The summed E-state index contributed by atoms with van der Waals surface area (Å²) in [6, 6.07) is 10.9. The standard InChI is InChI=1S/C28H35FN2O/c1-19(12-13-28(3,4)5)25-16-23(21-9-7-11-24(29)15-21)17-26(32-6)27(25)31-20(2)22-10-8-14-30-18-22/h7,9-12,14-17,20,31H,8,13,18H2,1-6H3/b19-12+. The lowest BCUT2D eigenvalue weighted by molar-refractivity contribution is 0.416. The van der Waals surface area contributed by atoms with Crippen LogP contribution in [0, 0.1) is 11.2 Å². The van der Waals surface area contributed by atoms with Crippen LogP contribution in [0.2, 0.25) is 0 Å². The predicted molar refractivity (Wildman–Crippen MR) is 135 cm³/mol. The molecule has 1 atom stereocenters. The van der Waals surface area contributed by atoms with E-state index in [0.29, 0.717) is 6.54 Å². The molecule has 32 heavy (non-hydrogen) atoms. The van der Waals surface area contributed by atoms with Crippen molar-refractivity contribution in [3.05, 3.63) is 65.5 Å². The zero-order chi connectivity index (χ0) is 23.3. The molecule has 170 valence electrons. The number of nitrogens with one attached hydrogen (secondary N) is 1. The molecule has 0 bridgehead atoms. The molecule has 3 rings (SSSR count). The molecule has 0 fully saturated rings. The number of aliphatic imine (C=N–C) groups is 1. The fourth-order valence-electron chi connectivity index (χ4n) is 3.78. The van der Waals surface area contributed by atoms with Crippen LogP contribution in [0.1, 0.15) is 53.0 Å². The van der Waals surface area contributed by atoms with E-state index in [-0.39, 0.29) is 17.3 Å². The van der Waals surface area contributed by atoms with Gasteiger partial charge in [-0.15, -0.1) is 0 Å². The highest BCUT2D eigenvalue weighted by molar-refractivity contribution is 5.85. The summed E-state index contributed by atoms with van der Waals surface area (Å²) in [7, 11) is 1.68. The Hall–Kier alpha value is -2.88. The topological polar surface area (TPSA) is 33.6 Å². The number of hydrogen-bond donors (Lipinski definition) is 1. The van der Waals surface area contributed by atoms with E-state index < -0.39 is 0 Å². The van der Waals surface area contributed by atoms with Gasteiger partial charge < -0.3 is 10.1 Å². The zero-order valence-corrected chi connectivity index (χ0v) is 20.1. The number of dihydropyridines is 1. The lowest BCUT2D eigenvalue weighted by Crippen LogP contribution is -2.22. The van der Waals surface area contributed by atoms with Crippen molar-refractivity contribution in [3.63, 3.8) is 0 Å². The molecule has 0 amide bonds. The third-order valence-electron chi connectivity index (χ3n) is 5.73. The molecule has 1 aliphatic rings. The minimum absolute atomic E-state index is 0.121. The second-order valence-corrected chi connectivity index (χ2v) is 9.67. The number of anilines is 1. The third kappa shape index (κ3) is 6.09. The van der Waals surface area contributed by atoms with Crippen LogP contribution in [0.15, 0.2) is 59.1 Å². The van der Waals surface area contributed by atoms with Crippen LogP contribution >= 0.6 is 0 Å². The number of ether oxygens (including phenoxy) is 1. The van der Waals surface area contributed by atoms with Crippen LogP contribution < -0.4 is 10.1 Å². The Morgan fingerprint density at radius 1 is 1.22 bits per heavy atom. The number of nitrogens with zero attached hydrogens (tertiary/aromatic N) is 1. The van der Waals surface area contributed by atoms with Crippen molar-refractivity contribution in [3.8, 4) is 16.9 Å². The molecular weight excluding hydrogens is 399 g/mol. The Morgan fingerprint density at radius 2 is 2.00 bits per heavy atom. The zero-order valence-electron chi connectivity index (χ0n) is 20.1. The first-order valence-corrected chi connectivity index (χ1v) is 11.3. The van der Waals surface area contributed by atoms with Gasteiger partial charge in [-0.25, -0.2) is 4.39 Å². The first-order valence-electron chi connectivity index (χ1n) is 11.3. The van der Waals surface area contributed by atoms with E-state index in [1.54, 1.807) is 19.2 Å². The Labute approximate surface area is 192 Å². The van der Waals surface area contributed by atoms with E-state index >= 15 is 0 Å². The van der Waals surface area contributed by atoms with E-state index in [1.807, 2.05) is 18.3 Å². The average Bonchev–Trinajstić information content (AvgIpc) is 2.77. The van der Waals surface area contributed by atoms with Crippen molar-refractivity contribution in [2.45, 2.75) is 53.5 Å². The molecule has 2 aromatic carbocycles. The summed E-state index contributed by atoms with van der Waals surface area (Å²) < 4.78 is 19.8. The molecular formula is C28H35FN2O. The van der Waals surface area contributed by atoms with Crippen LogP contribution in [-0.4, -0.2) is 25.9 Å². The highest BCUT2D eigenvalue weighted by atomic mass is 19.1. The number of benzene rings is 2. The van der Waals surface area contributed by atoms with E-state index in [4.69, 9.17) is 4.74 Å². The molecule has 1 N–H and O–H groups in total. The predicted octanol–water partition coefficient (Wildman–Crippen LogP) is 7.54. The minimum Gasteiger partial charge on any atom is -0.495 e. The van der Waals surface area contributed by atoms with Gasteiger partial charge in [0.25, 0.3) is 0 Å². The fourth-order valence-corrected chi connectivity index (χ4v) is 3.78. The number of methoxy groups -OCH3 is 1. The maximum absolute atomic E-state index is 13.9. The van der Waals surface area contributed by atoms with E-state index in [1.165, 1.54) is 17.2 Å². The molecule has 0 aromatic heterocycles. The minimum atomic E-state index is -0.247. The van der Waals surface area contributed by atoms with Gasteiger partial charge in [0.1, 0.15) is 11.6 Å². The molecule has 3 nitrogen and oxygen atoms in total. The summed E-state index contributed by atoms with van der Waals surface area (Å²) in [6.07, 6.45) is 8.30. The summed E-state index contributed by atoms with van der Waals surface area (Å²) in [5.41, 5.74) is 6.42. The molecule has 1 aliphatic heterocycles. The van der Waals surface area contributed by atoms with Crippen molar-refractivity contribution >= 4 is 17.5 Å². The van der Waals surface area contributed by atoms with Gasteiger partial charge in [0.2, 0.25) is 0 Å². The van der Waals surface area contributed by atoms with Crippen molar-refractivity contribution in [2.75, 3.05) is 19.0 Å². The Bertz CT molecular complexity index is 1040. The molecule has 2 aromatic rings. The van der Waals surface area contributed by atoms with Gasteiger partial charge in [-0.3, -0.25) is 4.99 Å². The van der Waals surface area contributed by atoms with E-state index in [9.17, 15) is 4.39 Å². The van der Waals surface area contributed by atoms with Crippen LogP contribution in [0.5, 0.6) is 5.75 Å². The van der Waals surface area contributed by atoms with Gasteiger partial charge in [-0.1, -0.05) is 45.1 Å². The van der Waals surface area contributed by atoms with Crippen LogP contribution in [0.25, 0.3) is 16.7 Å². The normalized spacial score (nSPS) is 15.3. The molecule has 0 saturated carbocycles. The molecule has 0 saturated heterocycles. The summed E-state index contributed by atoms with van der Waals surface area (Å²) >= 11 is 0. The van der Waals surface area contributed by atoms with Gasteiger partial charge in [0, 0.05) is 24.2 Å². The molecule has 0 radical (unpaired) electrons. The van der Waals surface area contributed by atoms with Gasteiger partial charge in [-0.2, -0.15) is 0 Å². The quantitative estimate of drug-likeness (QED) is 0.457. The van der Waals surface area contributed by atoms with Gasteiger partial charge in [0.05, 0.1) is 19.3 Å². The highest BCUT2D eigenvalue weighted by Gasteiger charge is 2.19. The van der Waals surface area contributed by atoms with Crippen LogP contribution in [0.3, 0.4) is 0 Å². The molecule has 1 heterocycles. The fraction of sp³-hybridized carbons (Fsp3) is 0.393. The van der Waals surface area contributed by atoms with Crippen molar-refractivity contribution < 1.29 is 9.13 Å². The molecule has 0 spiro atoms. The number of halogens is 1. The molecule has 4 heteroatoms. The van der Waals surface area contributed by atoms with Gasteiger partial charge in [0.15, 0.2) is 0 Å². The Balaban J connectivity index is 2.09. The Morgan fingerprint density at radius 3 is 2.62 bits per heavy atom. The summed E-state index contributed by atoms with van der Waals surface area (Å²) in [4.78, 5) is 4.43. The van der Waals surface area contributed by atoms with Crippen molar-refractivity contribution in [1.29, 1.82) is 0 Å². The van der Waals surface area contributed by atoms with Crippen molar-refractivity contribution in [2.24, 2.45) is 10.4 Å². The number of allylic oxidation sites excluding steroid dienone is 3. The lowest BCUT2D eigenvalue weighted by atomic mass is 9.89. The van der Waals surface area contributed by atoms with Gasteiger partial charge >= 0.3 is 0 Å². The van der Waals surface area contributed by atoms with E-state index in [0.717, 1.165) is 41.0 Å². The smallest absolute Gasteiger partial charge is 0.143 e. The first kappa shape index (κ1) is 23.8. The monoisotopic (exact) mass is 434 g/mol. The summed E-state index contributed by atoms with van der Waals surface area (Å²) in [5, 5.41) is 3.69. The average molecular weight is 435 g/mol. The second kappa shape index (κ2) is 10.2. The largest absolute Gasteiger partial charge is 0.495 e. The number of rotatable bonds is 7. The second-order valence-electron chi connectivity index (χ2n) is 9.67. The van der Waals surface area contributed by atoms with Crippen LogP contribution in [0.4, 0.5) is 10.1 Å². The summed E-state index contributed by atoms with van der Waals surface area (Å²) in [5.74, 6) is 0.501. The maximum atomic E-state index is 13.9. The number of hydrogen-bond acceptors (Lipinski definition) is 3. The van der Waals surface area contributed by atoms with Crippen molar-refractivity contribution in [1.82, 2.24) is 0 Å². The third-order valence-corrected chi connectivity index (χ3v) is 5.73. The highest BCUT2D eigenvalue weighted by Crippen LogP contribution is 2.39. The lowest BCUT2D eigenvalue weighted by Gasteiger charge is -2.25. The van der Waals surface area contributed by atoms with E-state index in [2.05, 4.69) is 63.1 Å². The maximum Gasteiger partial charge on any atom is 0.143 e.